The van der Waals surface area contributed by atoms with Crippen molar-refractivity contribution in [1.29, 1.82) is 0 Å². The molecule has 0 bridgehead atoms. The Morgan fingerprint density at radius 2 is 2.14 bits per heavy atom. The van der Waals surface area contributed by atoms with Crippen LogP contribution in [0, 0.1) is 0 Å². The summed E-state index contributed by atoms with van der Waals surface area (Å²) >= 11 is 0. The van der Waals surface area contributed by atoms with Crippen LogP contribution in [-0.4, -0.2) is 47.1 Å². The summed E-state index contributed by atoms with van der Waals surface area (Å²) in [5.41, 5.74) is -0.949. The number of aliphatic hydroxyl groups is 1. The first-order chi connectivity index (χ1) is 9.77. The van der Waals surface area contributed by atoms with Gasteiger partial charge in [-0.15, -0.1) is 0 Å². The maximum Gasteiger partial charge on any atom is 0.416 e. The number of rotatable bonds is 3. The van der Waals surface area contributed by atoms with Crippen LogP contribution in [0.1, 0.15) is 12.5 Å². The Morgan fingerprint density at radius 3 is 2.71 bits per heavy atom. The quantitative estimate of drug-likeness (QED) is 0.922. The van der Waals surface area contributed by atoms with Gasteiger partial charge in [0, 0.05) is 19.9 Å². The molecule has 1 aromatic rings. The predicted molar refractivity (Wildman–Crippen MR) is 66.3 cm³/mol. The number of aliphatic hydroxyl groups excluding tert-OH is 1. The number of carbonyl (C=O) groups is 1. The lowest BCUT2D eigenvalue weighted by Gasteiger charge is -2.21. The third kappa shape index (κ3) is 2.79. The van der Waals surface area contributed by atoms with Gasteiger partial charge in [0.2, 0.25) is 0 Å². The van der Waals surface area contributed by atoms with Crippen LogP contribution in [0.2, 0.25) is 0 Å². The number of carbonyl (C=O) groups excluding carboxylic acids is 1. The first-order valence-electron chi connectivity index (χ1n) is 6.16. The van der Waals surface area contributed by atoms with Gasteiger partial charge in [0.15, 0.2) is 12.5 Å². The fraction of sp³-hybridized carbons (Fsp3) is 0.500. The van der Waals surface area contributed by atoms with E-state index in [0.29, 0.717) is 6.07 Å². The molecule has 1 aliphatic heterocycles. The smallest absolute Gasteiger partial charge is 0.369 e. The van der Waals surface area contributed by atoms with Crippen LogP contribution in [0.4, 0.5) is 23.8 Å². The Balaban J connectivity index is 2.36. The summed E-state index contributed by atoms with van der Waals surface area (Å²) in [6, 6.07) is 0.816. The van der Waals surface area contributed by atoms with Crippen molar-refractivity contribution in [2.24, 2.45) is 0 Å². The Hall–Kier alpha value is -1.87. The van der Waals surface area contributed by atoms with Crippen molar-refractivity contribution in [1.82, 2.24) is 9.88 Å². The summed E-state index contributed by atoms with van der Waals surface area (Å²) in [4.78, 5) is 17.7. The second kappa shape index (κ2) is 5.49. The lowest BCUT2D eigenvalue weighted by atomic mass is 10.2. The van der Waals surface area contributed by atoms with E-state index in [-0.39, 0.29) is 12.4 Å². The minimum Gasteiger partial charge on any atom is -0.369 e. The van der Waals surface area contributed by atoms with Gasteiger partial charge >= 0.3 is 12.2 Å². The second-order valence-corrected chi connectivity index (χ2v) is 4.42. The molecule has 0 saturated carbocycles. The van der Waals surface area contributed by atoms with Crippen LogP contribution in [0.5, 0.6) is 0 Å². The number of anilines is 1. The highest BCUT2D eigenvalue weighted by molar-refractivity contribution is 5.93. The molecule has 1 N–H and O–H groups in total. The summed E-state index contributed by atoms with van der Waals surface area (Å²) in [6.07, 6.45) is -6.01. The minimum atomic E-state index is -4.56. The molecule has 9 heteroatoms. The van der Waals surface area contributed by atoms with Crippen molar-refractivity contribution in [3.63, 3.8) is 0 Å². The summed E-state index contributed by atoms with van der Waals surface area (Å²) in [5, 5.41) is 10.1. The summed E-state index contributed by atoms with van der Waals surface area (Å²) in [6.45, 7) is 1.92. The number of alkyl halides is 3. The maximum absolute atomic E-state index is 12.7. The van der Waals surface area contributed by atoms with Crippen molar-refractivity contribution < 1.29 is 27.8 Å². The lowest BCUT2D eigenvalue weighted by molar-refractivity contribution is -0.137. The van der Waals surface area contributed by atoms with Crippen LogP contribution >= 0.6 is 0 Å². The number of nitrogens with zero attached hydrogens (tertiary/aromatic N) is 3. The van der Waals surface area contributed by atoms with Crippen molar-refractivity contribution in [2.45, 2.75) is 25.6 Å². The number of ether oxygens (including phenoxy) is 1. The number of halogens is 3. The van der Waals surface area contributed by atoms with Crippen molar-refractivity contribution in [2.75, 3.05) is 18.6 Å². The molecular formula is C12H14F3N3O3. The zero-order chi connectivity index (χ0) is 15.8. The second-order valence-electron chi connectivity index (χ2n) is 4.42. The molecule has 2 heterocycles. The number of amides is 2. The van der Waals surface area contributed by atoms with E-state index < -0.39 is 30.2 Å². The molecule has 0 aromatic carbocycles. The average molecular weight is 305 g/mol. The highest BCUT2D eigenvalue weighted by Crippen LogP contribution is 2.33. The molecule has 0 spiro atoms. The number of hydrogen-bond donors (Lipinski definition) is 1. The molecule has 116 valence electrons. The first-order valence-corrected chi connectivity index (χ1v) is 6.16. The molecule has 2 atom stereocenters. The summed E-state index contributed by atoms with van der Waals surface area (Å²) in [5.74, 6) is -0.281. The van der Waals surface area contributed by atoms with Crippen LogP contribution < -0.4 is 4.90 Å². The maximum atomic E-state index is 12.7. The van der Waals surface area contributed by atoms with Gasteiger partial charge < -0.3 is 9.84 Å². The predicted octanol–water partition coefficient (Wildman–Crippen LogP) is 1.65. The van der Waals surface area contributed by atoms with Gasteiger partial charge in [-0.1, -0.05) is 0 Å². The van der Waals surface area contributed by atoms with Crippen LogP contribution in [0.15, 0.2) is 18.3 Å². The van der Waals surface area contributed by atoms with Crippen LogP contribution in [0.3, 0.4) is 0 Å². The normalized spacial score (nSPS) is 23.0. The molecule has 2 amide bonds. The van der Waals surface area contributed by atoms with E-state index in [1.165, 1.54) is 7.05 Å². The number of pyridine rings is 1. The first kappa shape index (κ1) is 15.5. The Kier molecular flexibility index (Phi) is 4.06. The standard InChI is InChI=1S/C12H14F3N3O3/c1-3-21-10-9(19)18(11(20)17(10)2)8-6-7(4-5-16-8)12(13,14)15/h4-6,9-10,19H,3H2,1-2H3. The van der Waals surface area contributed by atoms with Gasteiger partial charge in [0.1, 0.15) is 5.82 Å². The van der Waals surface area contributed by atoms with E-state index in [2.05, 4.69) is 4.98 Å². The monoisotopic (exact) mass is 305 g/mol. The fourth-order valence-electron chi connectivity index (χ4n) is 2.05. The van der Waals surface area contributed by atoms with E-state index in [4.69, 9.17) is 4.74 Å². The molecule has 2 rings (SSSR count). The molecule has 1 saturated heterocycles. The number of aromatic nitrogens is 1. The molecule has 1 aromatic heterocycles. The molecule has 6 nitrogen and oxygen atoms in total. The van der Waals surface area contributed by atoms with E-state index in [1.54, 1.807) is 6.92 Å². The summed E-state index contributed by atoms with van der Waals surface area (Å²) in [7, 11) is 1.39. The summed E-state index contributed by atoms with van der Waals surface area (Å²) < 4.78 is 43.3. The molecule has 21 heavy (non-hydrogen) atoms. The van der Waals surface area contributed by atoms with E-state index >= 15 is 0 Å². The number of hydrogen-bond acceptors (Lipinski definition) is 4. The van der Waals surface area contributed by atoms with Crippen LogP contribution in [0.25, 0.3) is 0 Å². The molecule has 1 aliphatic rings. The van der Waals surface area contributed by atoms with Gasteiger partial charge in [-0.05, 0) is 19.1 Å². The molecule has 0 radical (unpaired) electrons. The molecule has 2 unspecified atom stereocenters. The third-order valence-corrected chi connectivity index (χ3v) is 3.07. The minimum absolute atomic E-state index is 0.239. The fourth-order valence-corrected chi connectivity index (χ4v) is 2.05. The van der Waals surface area contributed by atoms with Gasteiger partial charge in [0.05, 0.1) is 5.56 Å². The number of likely N-dealkylation sites (N-methyl/N-ethyl adjacent to an activating group) is 1. The Bertz CT molecular complexity index is 538. The average Bonchev–Trinajstić information content (AvgIpc) is 2.62. The van der Waals surface area contributed by atoms with E-state index in [1.807, 2.05) is 0 Å². The van der Waals surface area contributed by atoms with Gasteiger partial charge in [-0.3, -0.25) is 4.90 Å². The Morgan fingerprint density at radius 1 is 1.48 bits per heavy atom. The zero-order valence-corrected chi connectivity index (χ0v) is 11.3. The molecule has 0 aliphatic carbocycles. The largest absolute Gasteiger partial charge is 0.416 e. The third-order valence-electron chi connectivity index (χ3n) is 3.07. The van der Waals surface area contributed by atoms with Crippen molar-refractivity contribution in [3.05, 3.63) is 23.9 Å². The number of urea groups is 1. The van der Waals surface area contributed by atoms with Crippen molar-refractivity contribution in [3.8, 4) is 0 Å². The van der Waals surface area contributed by atoms with Gasteiger partial charge in [0.25, 0.3) is 0 Å². The van der Waals surface area contributed by atoms with Crippen molar-refractivity contribution >= 4 is 11.8 Å². The topological polar surface area (TPSA) is 65.9 Å². The van der Waals surface area contributed by atoms with E-state index in [0.717, 1.165) is 22.1 Å². The highest BCUT2D eigenvalue weighted by atomic mass is 19.4. The molecular weight excluding hydrogens is 291 g/mol. The lowest BCUT2D eigenvalue weighted by Crippen LogP contribution is -2.38. The van der Waals surface area contributed by atoms with Gasteiger partial charge in [-0.25, -0.2) is 14.7 Å². The SMILES string of the molecule is CCOC1C(O)N(c2cc(C(F)(F)F)ccn2)C(=O)N1C. The van der Waals surface area contributed by atoms with Gasteiger partial charge in [-0.2, -0.15) is 13.2 Å². The Labute approximate surface area is 118 Å². The van der Waals surface area contributed by atoms with E-state index in [9.17, 15) is 23.1 Å². The zero-order valence-electron chi connectivity index (χ0n) is 11.3. The van der Waals surface area contributed by atoms with Crippen LogP contribution in [-0.2, 0) is 10.9 Å². The highest BCUT2D eigenvalue weighted by Gasteiger charge is 2.45. The molecule has 1 fully saturated rings.